The van der Waals surface area contributed by atoms with E-state index in [0.717, 1.165) is 73.1 Å². The molecule has 0 saturated carbocycles. The molecule has 6 aromatic carbocycles. The maximum absolute atomic E-state index is 9.07. The van der Waals surface area contributed by atoms with Gasteiger partial charge in [-0.2, -0.15) is 0 Å². The first-order valence-corrected chi connectivity index (χ1v) is 17.8. The van der Waals surface area contributed by atoms with Crippen molar-refractivity contribution in [3.8, 4) is 45.4 Å². The molecule has 0 saturated heterocycles. The fourth-order valence-electron chi connectivity index (χ4n) is 6.94. The summed E-state index contributed by atoms with van der Waals surface area (Å²) in [5.41, 5.74) is 10.8. The van der Waals surface area contributed by atoms with Crippen molar-refractivity contribution >= 4 is 17.6 Å². The third-order valence-corrected chi connectivity index (χ3v) is 9.78. The lowest BCUT2D eigenvalue weighted by atomic mass is 9.75. The number of rotatable bonds is 7. The molecule has 1 aliphatic rings. The number of para-hydroxylation sites is 2. The van der Waals surface area contributed by atoms with E-state index in [9.17, 15) is 0 Å². The topological polar surface area (TPSA) is 71.2 Å². The van der Waals surface area contributed by atoms with Gasteiger partial charge in [0.2, 0.25) is 0 Å². The van der Waals surface area contributed by atoms with Crippen LogP contribution < -0.4 is 4.74 Å². The summed E-state index contributed by atoms with van der Waals surface area (Å²) < 4.78 is 6.64. The van der Waals surface area contributed by atoms with E-state index in [4.69, 9.17) is 25.1 Å². The van der Waals surface area contributed by atoms with Crippen LogP contribution in [0.3, 0.4) is 0 Å². The second kappa shape index (κ2) is 14.1. The Morgan fingerprint density at radius 1 is 0.623 bits per heavy atom. The molecule has 5 heteroatoms. The van der Waals surface area contributed by atoms with Crippen LogP contribution in [0.15, 0.2) is 174 Å². The molecule has 8 rings (SSSR count). The van der Waals surface area contributed by atoms with Gasteiger partial charge in [-0.1, -0.05) is 159 Å². The molecule has 7 aromatic rings. The number of aromatic nitrogens is 2. The number of nitrogens with one attached hydrogen (secondary N) is 1. The van der Waals surface area contributed by atoms with Crippen molar-refractivity contribution in [2.24, 2.45) is 4.99 Å². The zero-order chi connectivity index (χ0) is 36.4. The van der Waals surface area contributed by atoms with Crippen LogP contribution >= 0.6 is 0 Å². The van der Waals surface area contributed by atoms with E-state index in [1.54, 1.807) is 0 Å². The van der Waals surface area contributed by atoms with Crippen LogP contribution in [0, 0.1) is 5.41 Å². The standard InChI is InChI=1S/C48H38N4O/c1-32(30-33-16-7-4-8-17-33)44(35-18-9-5-10-19-35)52-46(49)36-28-26-34(27-29-36)41-31-42(51-47(50-41)37-20-11-6-12-21-37)38-22-15-24-40-45(38)53-43-25-14-13-23-39(43)48(40,2)3/h4-31,49H,1-3H3/b32-30+,49-46?,52-44+. The summed E-state index contributed by atoms with van der Waals surface area (Å²) >= 11 is 0. The van der Waals surface area contributed by atoms with Gasteiger partial charge in [0.1, 0.15) is 11.5 Å². The Labute approximate surface area is 310 Å². The summed E-state index contributed by atoms with van der Waals surface area (Å²) in [7, 11) is 0. The average Bonchev–Trinajstić information content (AvgIpc) is 3.20. The second-order valence-corrected chi connectivity index (χ2v) is 13.7. The smallest absolute Gasteiger partial charge is 0.160 e. The van der Waals surface area contributed by atoms with Gasteiger partial charge in [0.05, 0.1) is 17.1 Å². The predicted octanol–water partition coefficient (Wildman–Crippen LogP) is 11.8. The van der Waals surface area contributed by atoms with Crippen LogP contribution in [0.2, 0.25) is 0 Å². The van der Waals surface area contributed by atoms with Gasteiger partial charge in [0.25, 0.3) is 0 Å². The highest BCUT2D eigenvalue weighted by atomic mass is 16.5. The van der Waals surface area contributed by atoms with E-state index in [1.807, 2.05) is 128 Å². The molecule has 53 heavy (non-hydrogen) atoms. The summed E-state index contributed by atoms with van der Waals surface area (Å²) in [5.74, 6) is 2.48. The highest BCUT2D eigenvalue weighted by molar-refractivity contribution is 6.20. The van der Waals surface area contributed by atoms with Gasteiger partial charge in [-0.15, -0.1) is 0 Å². The molecule has 0 atom stereocenters. The summed E-state index contributed by atoms with van der Waals surface area (Å²) in [6.45, 7) is 6.52. The molecular formula is C48H38N4O. The molecule has 0 amide bonds. The Balaban J connectivity index is 1.18. The van der Waals surface area contributed by atoms with Gasteiger partial charge in [-0.3, -0.25) is 5.41 Å². The highest BCUT2D eigenvalue weighted by Gasteiger charge is 2.35. The molecule has 256 valence electrons. The van der Waals surface area contributed by atoms with Crippen molar-refractivity contribution < 1.29 is 4.74 Å². The van der Waals surface area contributed by atoms with Crippen LogP contribution in [0.4, 0.5) is 0 Å². The minimum Gasteiger partial charge on any atom is -0.456 e. The largest absolute Gasteiger partial charge is 0.456 e. The number of amidine groups is 1. The van der Waals surface area contributed by atoms with Gasteiger partial charge in [-0.25, -0.2) is 15.0 Å². The molecule has 0 bridgehead atoms. The van der Waals surface area contributed by atoms with Gasteiger partial charge in [-0.05, 0) is 42.3 Å². The maximum atomic E-state index is 9.07. The molecule has 1 N–H and O–H groups in total. The maximum Gasteiger partial charge on any atom is 0.160 e. The van der Waals surface area contributed by atoms with Gasteiger partial charge >= 0.3 is 0 Å². The SMILES string of the molecule is CC(=C\c1ccccc1)/C(=N\C(=N)c1ccc(-c2cc(-c3cccc4c3Oc3ccccc3C4(C)C)nc(-c3ccccc3)n2)cc1)c1ccccc1. The highest BCUT2D eigenvalue weighted by Crippen LogP contribution is 2.51. The van der Waals surface area contributed by atoms with Crippen LogP contribution in [-0.4, -0.2) is 21.5 Å². The minimum atomic E-state index is -0.253. The van der Waals surface area contributed by atoms with Crippen LogP contribution in [-0.2, 0) is 5.41 Å². The predicted molar refractivity (Wildman–Crippen MR) is 217 cm³/mol. The van der Waals surface area contributed by atoms with E-state index in [1.165, 1.54) is 0 Å². The minimum absolute atomic E-state index is 0.181. The molecule has 0 spiro atoms. The van der Waals surface area contributed by atoms with Crippen molar-refractivity contribution in [1.29, 1.82) is 5.41 Å². The van der Waals surface area contributed by atoms with Crippen LogP contribution in [0.1, 0.15) is 48.6 Å². The van der Waals surface area contributed by atoms with Crippen molar-refractivity contribution in [1.82, 2.24) is 9.97 Å². The van der Waals surface area contributed by atoms with Gasteiger partial charge < -0.3 is 4.74 Å². The van der Waals surface area contributed by atoms with E-state index >= 15 is 0 Å². The molecule has 2 heterocycles. The molecule has 0 fully saturated rings. The van der Waals surface area contributed by atoms with Crippen molar-refractivity contribution in [2.45, 2.75) is 26.2 Å². The first-order chi connectivity index (χ1) is 25.8. The Bertz CT molecular complexity index is 2500. The molecule has 1 aliphatic heterocycles. The summed E-state index contributed by atoms with van der Waals surface area (Å²) in [5, 5.41) is 9.07. The lowest BCUT2D eigenvalue weighted by Crippen LogP contribution is -2.24. The average molecular weight is 687 g/mol. The number of fused-ring (bicyclic) bond motifs is 2. The van der Waals surface area contributed by atoms with Crippen molar-refractivity contribution in [3.05, 3.63) is 197 Å². The van der Waals surface area contributed by atoms with Crippen molar-refractivity contribution in [3.63, 3.8) is 0 Å². The molecule has 1 aromatic heterocycles. The number of nitrogens with zero attached hydrogens (tertiary/aromatic N) is 3. The molecule has 5 nitrogen and oxygen atoms in total. The fourth-order valence-corrected chi connectivity index (χ4v) is 6.94. The van der Waals surface area contributed by atoms with Gasteiger partial charge in [0, 0.05) is 44.4 Å². The molecule has 0 aliphatic carbocycles. The van der Waals surface area contributed by atoms with E-state index < -0.39 is 0 Å². The second-order valence-electron chi connectivity index (χ2n) is 13.7. The van der Waals surface area contributed by atoms with Gasteiger partial charge in [0.15, 0.2) is 11.7 Å². The number of hydrogen-bond donors (Lipinski definition) is 1. The van der Waals surface area contributed by atoms with E-state index in [0.29, 0.717) is 11.4 Å². The molecular weight excluding hydrogens is 649 g/mol. The number of benzene rings is 6. The zero-order valence-electron chi connectivity index (χ0n) is 29.9. The summed E-state index contributed by atoms with van der Waals surface area (Å²) in [4.78, 5) is 15.1. The number of ether oxygens (including phenoxy) is 1. The summed E-state index contributed by atoms with van der Waals surface area (Å²) in [6.07, 6.45) is 2.11. The fraction of sp³-hybridized carbons (Fsp3) is 0.0833. The molecule has 0 unspecified atom stereocenters. The Hall–Kier alpha value is -6.72. The third-order valence-electron chi connectivity index (χ3n) is 9.78. The number of aliphatic imine (C=N–C) groups is 1. The number of allylic oxidation sites excluding steroid dienone is 1. The normalized spacial score (nSPS) is 13.4. The third kappa shape index (κ3) is 6.73. The first kappa shape index (κ1) is 33.4. The zero-order valence-corrected chi connectivity index (χ0v) is 29.9. The monoisotopic (exact) mass is 686 g/mol. The van der Waals surface area contributed by atoms with Crippen LogP contribution in [0.5, 0.6) is 11.5 Å². The Morgan fingerprint density at radius 2 is 1.25 bits per heavy atom. The summed E-state index contributed by atoms with van der Waals surface area (Å²) in [6, 6.07) is 54.7. The first-order valence-electron chi connectivity index (χ1n) is 17.8. The van der Waals surface area contributed by atoms with E-state index in [-0.39, 0.29) is 11.3 Å². The molecule has 0 radical (unpaired) electrons. The number of hydrogen-bond acceptors (Lipinski definition) is 4. The Morgan fingerprint density at radius 3 is 1.98 bits per heavy atom. The van der Waals surface area contributed by atoms with Crippen LogP contribution in [0.25, 0.3) is 40.0 Å². The quantitative estimate of drug-likeness (QED) is 0.134. The van der Waals surface area contributed by atoms with E-state index in [2.05, 4.69) is 62.4 Å². The lowest BCUT2D eigenvalue weighted by molar-refractivity contribution is 0.419. The Kier molecular flexibility index (Phi) is 8.91. The van der Waals surface area contributed by atoms with Crippen molar-refractivity contribution in [2.75, 3.05) is 0 Å². The lowest BCUT2D eigenvalue weighted by Gasteiger charge is -2.35.